The molecule has 132 valence electrons. The van der Waals surface area contributed by atoms with Crippen molar-refractivity contribution in [2.45, 2.75) is 45.8 Å². The lowest BCUT2D eigenvalue weighted by molar-refractivity contribution is 0.0791. The summed E-state index contributed by atoms with van der Waals surface area (Å²) in [6.07, 6.45) is 0.906. The molecule has 0 radical (unpaired) electrons. The third kappa shape index (κ3) is 5.96. The van der Waals surface area contributed by atoms with Crippen molar-refractivity contribution in [1.29, 1.82) is 0 Å². The molecule has 1 fully saturated rings. The third-order valence-corrected chi connectivity index (χ3v) is 4.23. The second-order valence-corrected chi connectivity index (χ2v) is 6.15. The Kier molecular flexibility index (Phi) is 9.78. The van der Waals surface area contributed by atoms with Crippen LogP contribution < -0.4 is 5.73 Å². The van der Waals surface area contributed by atoms with Gasteiger partial charge in [0.25, 0.3) is 5.91 Å². The van der Waals surface area contributed by atoms with E-state index in [0.29, 0.717) is 12.6 Å². The van der Waals surface area contributed by atoms with E-state index >= 15 is 0 Å². The van der Waals surface area contributed by atoms with Crippen LogP contribution in [0.25, 0.3) is 0 Å². The van der Waals surface area contributed by atoms with Crippen LogP contribution in [-0.2, 0) is 6.54 Å². The van der Waals surface area contributed by atoms with Crippen molar-refractivity contribution >= 4 is 30.7 Å². The Bertz CT molecular complexity index is 479. The van der Waals surface area contributed by atoms with Crippen LogP contribution in [0.1, 0.15) is 43.1 Å². The van der Waals surface area contributed by atoms with Gasteiger partial charge in [-0.05, 0) is 44.5 Å². The highest BCUT2D eigenvalue weighted by atomic mass is 35.5. The standard InChI is InChI=1S/C17H27N3O.2ClH/c1-4-19(13(2)3)11-14-5-7-15(8-6-14)17(21)20-10-9-16(18)12-20;;/h5-8,13,16H,4,9-12,18H2,1-3H3;2*1H/t16-;;/m1../s1. The fourth-order valence-corrected chi connectivity index (χ4v) is 2.80. The van der Waals surface area contributed by atoms with Crippen LogP contribution in [0, 0.1) is 0 Å². The molecule has 1 aliphatic heterocycles. The molecule has 0 bridgehead atoms. The molecule has 1 saturated heterocycles. The molecule has 0 unspecified atom stereocenters. The number of amides is 1. The van der Waals surface area contributed by atoms with Crippen molar-refractivity contribution in [2.24, 2.45) is 5.73 Å². The summed E-state index contributed by atoms with van der Waals surface area (Å²) in [6.45, 7) is 10.0. The van der Waals surface area contributed by atoms with Gasteiger partial charge in [0.05, 0.1) is 0 Å². The van der Waals surface area contributed by atoms with Crippen molar-refractivity contribution in [1.82, 2.24) is 9.80 Å². The van der Waals surface area contributed by atoms with Gasteiger partial charge in [0.15, 0.2) is 0 Å². The van der Waals surface area contributed by atoms with Gasteiger partial charge in [-0.2, -0.15) is 0 Å². The summed E-state index contributed by atoms with van der Waals surface area (Å²) < 4.78 is 0. The van der Waals surface area contributed by atoms with Crippen LogP contribution >= 0.6 is 24.8 Å². The smallest absolute Gasteiger partial charge is 0.253 e. The minimum Gasteiger partial charge on any atom is -0.337 e. The second kappa shape index (κ2) is 10.1. The van der Waals surface area contributed by atoms with Crippen LogP contribution in [0.4, 0.5) is 0 Å². The zero-order chi connectivity index (χ0) is 15.4. The first-order valence-corrected chi connectivity index (χ1v) is 7.89. The predicted molar refractivity (Wildman–Crippen MR) is 101 cm³/mol. The molecule has 1 aromatic rings. The van der Waals surface area contributed by atoms with Crippen molar-refractivity contribution in [3.8, 4) is 0 Å². The van der Waals surface area contributed by atoms with Gasteiger partial charge in [-0.15, -0.1) is 24.8 Å². The molecule has 4 nitrogen and oxygen atoms in total. The lowest BCUT2D eigenvalue weighted by Crippen LogP contribution is -2.32. The number of likely N-dealkylation sites (tertiary alicyclic amines) is 1. The normalized spacial score (nSPS) is 17.1. The molecule has 6 heteroatoms. The maximum atomic E-state index is 12.4. The summed E-state index contributed by atoms with van der Waals surface area (Å²) >= 11 is 0. The fraction of sp³-hybridized carbons (Fsp3) is 0.588. The van der Waals surface area contributed by atoms with E-state index in [1.807, 2.05) is 17.0 Å². The van der Waals surface area contributed by atoms with Crippen LogP contribution in [0.2, 0.25) is 0 Å². The fourth-order valence-electron chi connectivity index (χ4n) is 2.80. The first kappa shape index (κ1) is 22.2. The Hall–Kier alpha value is -0.810. The molecule has 0 aliphatic carbocycles. The molecule has 1 heterocycles. The summed E-state index contributed by atoms with van der Waals surface area (Å²) in [6, 6.07) is 8.67. The van der Waals surface area contributed by atoms with Crippen LogP contribution in [0.3, 0.4) is 0 Å². The molecule has 1 atom stereocenters. The minimum absolute atomic E-state index is 0. The average Bonchev–Trinajstić information content (AvgIpc) is 2.91. The molecule has 2 N–H and O–H groups in total. The third-order valence-electron chi connectivity index (χ3n) is 4.23. The number of benzene rings is 1. The zero-order valence-corrected chi connectivity index (χ0v) is 15.8. The molecule has 1 aliphatic rings. The molecule has 0 aromatic heterocycles. The van der Waals surface area contributed by atoms with Crippen molar-refractivity contribution in [3.63, 3.8) is 0 Å². The Morgan fingerprint density at radius 2 is 1.91 bits per heavy atom. The number of nitrogens with zero attached hydrogens (tertiary/aromatic N) is 2. The molecule has 0 spiro atoms. The van der Waals surface area contributed by atoms with Crippen LogP contribution in [-0.4, -0.2) is 47.4 Å². The SMILES string of the molecule is CCN(Cc1ccc(C(=O)N2CC[C@@H](N)C2)cc1)C(C)C.Cl.Cl. The van der Waals surface area contributed by atoms with E-state index in [0.717, 1.165) is 31.6 Å². The quantitative estimate of drug-likeness (QED) is 0.876. The van der Waals surface area contributed by atoms with Gasteiger partial charge < -0.3 is 10.6 Å². The van der Waals surface area contributed by atoms with E-state index < -0.39 is 0 Å². The summed E-state index contributed by atoms with van der Waals surface area (Å²) in [5, 5.41) is 0. The van der Waals surface area contributed by atoms with Gasteiger partial charge in [0.1, 0.15) is 0 Å². The van der Waals surface area contributed by atoms with E-state index in [2.05, 4.69) is 37.8 Å². The van der Waals surface area contributed by atoms with Gasteiger partial charge in [-0.25, -0.2) is 0 Å². The zero-order valence-electron chi connectivity index (χ0n) is 14.2. The molecule has 1 aromatic carbocycles. The number of carbonyl (C=O) groups is 1. The minimum atomic E-state index is 0. The maximum Gasteiger partial charge on any atom is 0.253 e. The van der Waals surface area contributed by atoms with Gasteiger partial charge >= 0.3 is 0 Å². The van der Waals surface area contributed by atoms with Crippen LogP contribution in [0.15, 0.2) is 24.3 Å². The van der Waals surface area contributed by atoms with E-state index in [9.17, 15) is 4.79 Å². The first-order valence-electron chi connectivity index (χ1n) is 7.89. The topological polar surface area (TPSA) is 49.6 Å². The number of hydrogen-bond donors (Lipinski definition) is 1. The molecule has 1 amide bonds. The maximum absolute atomic E-state index is 12.4. The van der Waals surface area contributed by atoms with Gasteiger partial charge in [-0.3, -0.25) is 9.69 Å². The lowest BCUT2D eigenvalue weighted by atomic mass is 10.1. The molecular formula is C17H29Cl2N3O. The summed E-state index contributed by atoms with van der Waals surface area (Å²) in [7, 11) is 0. The highest BCUT2D eigenvalue weighted by Gasteiger charge is 2.24. The molecule has 0 saturated carbocycles. The Labute approximate surface area is 152 Å². The summed E-state index contributed by atoms with van der Waals surface area (Å²) in [4.78, 5) is 16.6. The molecular weight excluding hydrogens is 333 g/mol. The highest BCUT2D eigenvalue weighted by Crippen LogP contribution is 2.14. The largest absolute Gasteiger partial charge is 0.337 e. The number of rotatable bonds is 5. The Morgan fingerprint density at radius 1 is 1.30 bits per heavy atom. The van der Waals surface area contributed by atoms with Crippen LogP contribution in [0.5, 0.6) is 0 Å². The van der Waals surface area contributed by atoms with E-state index in [1.165, 1.54) is 5.56 Å². The lowest BCUT2D eigenvalue weighted by Gasteiger charge is -2.24. The summed E-state index contributed by atoms with van der Waals surface area (Å²) in [5.41, 5.74) is 7.88. The van der Waals surface area contributed by atoms with Crippen molar-refractivity contribution in [2.75, 3.05) is 19.6 Å². The average molecular weight is 362 g/mol. The number of halogens is 2. The molecule has 2 rings (SSSR count). The van der Waals surface area contributed by atoms with E-state index in [1.54, 1.807) is 0 Å². The Morgan fingerprint density at radius 3 is 2.35 bits per heavy atom. The van der Waals surface area contributed by atoms with E-state index in [-0.39, 0.29) is 36.8 Å². The number of nitrogens with two attached hydrogens (primary N) is 1. The monoisotopic (exact) mass is 361 g/mol. The first-order chi connectivity index (χ1) is 10.0. The van der Waals surface area contributed by atoms with Crippen molar-refractivity contribution < 1.29 is 4.79 Å². The van der Waals surface area contributed by atoms with Gasteiger partial charge in [0.2, 0.25) is 0 Å². The Balaban J connectivity index is 0.00000242. The summed E-state index contributed by atoms with van der Waals surface area (Å²) in [5.74, 6) is 0.103. The van der Waals surface area contributed by atoms with Crippen molar-refractivity contribution in [3.05, 3.63) is 35.4 Å². The number of hydrogen-bond acceptors (Lipinski definition) is 3. The van der Waals surface area contributed by atoms with Gasteiger partial charge in [-0.1, -0.05) is 19.1 Å². The van der Waals surface area contributed by atoms with E-state index in [4.69, 9.17) is 5.73 Å². The number of carbonyl (C=O) groups excluding carboxylic acids is 1. The second-order valence-electron chi connectivity index (χ2n) is 6.15. The molecule has 23 heavy (non-hydrogen) atoms. The predicted octanol–water partition coefficient (Wildman–Crippen LogP) is 2.93. The van der Waals surface area contributed by atoms with Gasteiger partial charge in [0, 0.05) is 37.3 Å². The highest BCUT2D eigenvalue weighted by molar-refractivity contribution is 5.94.